The molecule has 8 heteroatoms. The summed E-state index contributed by atoms with van der Waals surface area (Å²) < 4.78 is 45.2. The van der Waals surface area contributed by atoms with Crippen molar-refractivity contribution in [2.24, 2.45) is 5.92 Å². The van der Waals surface area contributed by atoms with Gasteiger partial charge >= 0.3 is 6.18 Å². The van der Waals surface area contributed by atoms with Crippen molar-refractivity contribution in [2.45, 2.75) is 63.5 Å². The fourth-order valence-corrected chi connectivity index (χ4v) is 4.86. The summed E-state index contributed by atoms with van der Waals surface area (Å²) in [5, 5.41) is 2.97. The van der Waals surface area contributed by atoms with Gasteiger partial charge in [0.15, 0.2) is 0 Å². The van der Waals surface area contributed by atoms with Gasteiger partial charge in [-0.25, -0.2) is 0 Å². The van der Waals surface area contributed by atoms with Crippen molar-refractivity contribution in [3.63, 3.8) is 0 Å². The normalized spacial score (nSPS) is 25.9. The number of nitrogens with one attached hydrogen (secondary N) is 1. The highest BCUT2D eigenvalue weighted by atomic mass is 19.4. The molecule has 1 aliphatic heterocycles. The topological polar surface area (TPSA) is 58.6 Å². The average Bonchev–Trinajstić information content (AvgIpc) is 3.19. The minimum absolute atomic E-state index is 0.0497. The Morgan fingerprint density at radius 3 is 2.26 bits per heavy atom. The second-order valence-corrected chi connectivity index (χ2v) is 9.35. The number of carbonyl (C=O) groups is 2. The van der Waals surface area contributed by atoms with Gasteiger partial charge in [-0.05, 0) is 68.4 Å². The molecular weight excluding hydrogens is 445 g/mol. The third-order valence-electron chi connectivity index (χ3n) is 6.96. The number of halogens is 3. The van der Waals surface area contributed by atoms with Crippen LogP contribution in [-0.4, -0.2) is 35.1 Å². The number of hydrogen-bond donors (Lipinski definition) is 1. The van der Waals surface area contributed by atoms with Gasteiger partial charge in [0.1, 0.15) is 11.8 Å². The van der Waals surface area contributed by atoms with Crippen LogP contribution < -0.4 is 5.32 Å². The highest BCUT2D eigenvalue weighted by Crippen LogP contribution is 2.43. The predicted molar refractivity (Wildman–Crippen MR) is 121 cm³/mol. The largest absolute Gasteiger partial charge is 0.416 e. The molecule has 1 N–H and O–H groups in total. The van der Waals surface area contributed by atoms with Crippen molar-refractivity contribution < 1.29 is 27.5 Å². The van der Waals surface area contributed by atoms with E-state index >= 15 is 0 Å². The second kappa shape index (κ2) is 9.41. The molecule has 2 amide bonds. The third kappa shape index (κ3) is 4.82. The first kappa shape index (κ1) is 24.3. The zero-order valence-corrected chi connectivity index (χ0v) is 19.3. The SMILES string of the molecule is CC1CCC2(CC1)OCC(C(=O)NC(C)c1ccccc1)N2C(=O)c1ccc(C(F)(F)F)cc1. The summed E-state index contributed by atoms with van der Waals surface area (Å²) in [6.45, 7) is 4.05. The van der Waals surface area contributed by atoms with Crippen molar-refractivity contribution in [3.8, 4) is 0 Å². The van der Waals surface area contributed by atoms with E-state index in [0.717, 1.165) is 30.5 Å². The van der Waals surface area contributed by atoms with E-state index in [1.165, 1.54) is 17.0 Å². The van der Waals surface area contributed by atoms with Crippen LogP contribution in [0.25, 0.3) is 0 Å². The Morgan fingerprint density at radius 2 is 1.68 bits per heavy atom. The highest BCUT2D eigenvalue weighted by molar-refractivity contribution is 5.98. The lowest BCUT2D eigenvalue weighted by Gasteiger charge is -2.43. The Balaban J connectivity index is 1.61. The Labute approximate surface area is 197 Å². The molecule has 2 atom stereocenters. The van der Waals surface area contributed by atoms with Crippen molar-refractivity contribution >= 4 is 11.8 Å². The fraction of sp³-hybridized carbons (Fsp3) is 0.462. The standard InChI is InChI=1S/C26H29F3N2O3/c1-17-12-14-25(15-13-17)31(24(33)20-8-10-21(11-9-20)26(27,28)29)22(16-34-25)23(32)30-18(2)19-6-4-3-5-7-19/h3-11,17-18,22H,12-16H2,1-2H3,(H,30,32). The third-order valence-corrected chi connectivity index (χ3v) is 6.96. The van der Waals surface area contributed by atoms with Gasteiger partial charge in [-0.3, -0.25) is 14.5 Å². The van der Waals surface area contributed by atoms with Gasteiger partial charge in [0, 0.05) is 5.56 Å². The number of nitrogens with zero attached hydrogens (tertiary/aromatic N) is 1. The van der Waals surface area contributed by atoms with Crippen molar-refractivity contribution in [1.82, 2.24) is 10.2 Å². The van der Waals surface area contributed by atoms with Crippen molar-refractivity contribution in [3.05, 3.63) is 71.3 Å². The Hall–Kier alpha value is -2.87. The highest BCUT2D eigenvalue weighted by Gasteiger charge is 2.53. The molecule has 2 unspecified atom stereocenters. The van der Waals surface area contributed by atoms with Gasteiger partial charge in [-0.15, -0.1) is 0 Å². The first-order valence-corrected chi connectivity index (χ1v) is 11.6. The Kier molecular flexibility index (Phi) is 6.71. The molecule has 182 valence electrons. The van der Waals surface area contributed by atoms with E-state index in [0.29, 0.717) is 18.8 Å². The van der Waals surface area contributed by atoms with Gasteiger partial charge in [-0.1, -0.05) is 37.3 Å². The lowest BCUT2D eigenvalue weighted by Crippen LogP contribution is -2.57. The summed E-state index contributed by atoms with van der Waals surface area (Å²) in [6.07, 6.45) is -1.65. The van der Waals surface area contributed by atoms with Crippen LogP contribution in [0.5, 0.6) is 0 Å². The van der Waals surface area contributed by atoms with Gasteiger partial charge in [0.05, 0.1) is 18.2 Å². The van der Waals surface area contributed by atoms with Crippen LogP contribution in [-0.2, 0) is 15.7 Å². The molecule has 1 heterocycles. The summed E-state index contributed by atoms with van der Waals surface area (Å²) in [7, 11) is 0. The number of hydrogen-bond acceptors (Lipinski definition) is 3. The Bertz CT molecular complexity index is 1020. The van der Waals surface area contributed by atoms with Gasteiger partial charge in [-0.2, -0.15) is 13.2 Å². The minimum Gasteiger partial charge on any atom is -0.353 e. The maximum Gasteiger partial charge on any atom is 0.416 e. The molecule has 0 radical (unpaired) electrons. The molecule has 1 saturated carbocycles. The van der Waals surface area contributed by atoms with Crippen LogP contribution in [0.15, 0.2) is 54.6 Å². The summed E-state index contributed by atoms with van der Waals surface area (Å²) in [6, 6.07) is 12.5. The molecule has 2 aromatic rings. The molecule has 34 heavy (non-hydrogen) atoms. The first-order chi connectivity index (χ1) is 16.1. The number of amides is 2. The smallest absolute Gasteiger partial charge is 0.353 e. The van der Waals surface area contributed by atoms with E-state index in [1.54, 1.807) is 0 Å². The van der Waals surface area contributed by atoms with Crippen LogP contribution in [0.3, 0.4) is 0 Å². The van der Waals surface area contributed by atoms with E-state index in [2.05, 4.69) is 12.2 Å². The van der Waals surface area contributed by atoms with E-state index in [-0.39, 0.29) is 24.1 Å². The first-order valence-electron chi connectivity index (χ1n) is 11.6. The average molecular weight is 475 g/mol. The molecule has 4 rings (SSSR count). The minimum atomic E-state index is -4.49. The molecular formula is C26H29F3N2O3. The van der Waals surface area contributed by atoms with Crippen LogP contribution in [0.1, 0.15) is 67.1 Å². The summed E-state index contributed by atoms with van der Waals surface area (Å²) >= 11 is 0. The number of rotatable bonds is 4. The molecule has 2 aromatic carbocycles. The van der Waals surface area contributed by atoms with Crippen LogP contribution in [0.2, 0.25) is 0 Å². The zero-order chi connectivity index (χ0) is 24.5. The van der Waals surface area contributed by atoms with E-state index in [1.807, 2.05) is 37.3 Å². The molecule has 1 saturated heterocycles. The summed E-state index contributed by atoms with van der Waals surface area (Å²) in [5.74, 6) is -0.358. The predicted octanol–water partition coefficient (Wildman–Crippen LogP) is 5.33. The fourth-order valence-electron chi connectivity index (χ4n) is 4.86. The van der Waals surface area contributed by atoms with Crippen molar-refractivity contribution in [1.29, 1.82) is 0 Å². The van der Waals surface area contributed by atoms with Gasteiger partial charge in [0.2, 0.25) is 5.91 Å². The number of carbonyl (C=O) groups excluding carboxylic acids is 2. The molecule has 0 bridgehead atoms. The van der Waals surface area contributed by atoms with E-state index in [9.17, 15) is 22.8 Å². The Morgan fingerprint density at radius 1 is 1.06 bits per heavy atom. The maximum atomic E-state index is 13.6. The van der Waals surface area contributed by atoms with Crippen LogP contribution in [0.4, 0.5) is 13.2 Å². The molecule has 1 aliphatic carbocycles. The number of benzene rings is 2. The monoisotopic (exact) mass is 474 g/mol. The quantitative estimate of drug-likeness (QED) is 0.652. The van der Waals surface area contributed by atoms with Crippen molar-refractivity contribution in [2.75, 3.05) is 6.61 Å². The number of ether oxygens (including phenoxy) is 1. The lowest BCUT2D eigenvalue weighted by molar-refractivity contribution is -0.137. The second-order valence-electron chi connectivity index (χ2n) is 9.35. The number of alkyl halides is 3. The lowest BCUT2D eigenvalue weighted by atomic mass is 9.83. The zero-order valence-electron chi connectivity index (χ0n) is 19.3. The van der Waals surface area contributed by atoms with E-state index in [4.69, 9.17) is 4.74 Å². The van der Waals surface area contributed by atoms with Gasteiger partial charge in [0.25, 0.3) is 5.91 Å². The van der Waals surface area contributed by atoms with Crippen LogP contribution >= 0.6 is 0 Å². The molecule has 2 aliphatic rings. The molecule has 5 nitrogen and oxygen atoms in total. The van der Waals surface area contributed by atoms with Gasteiger partial charge < -0.3 is 10.1 Å². The molecule has 1 spiro atoms. The van der Waals surface area contributed by atoms with E-state index < -0.39 is 29.4 Å². The van der Waals surface area contributed by atoms with Crippen LogP contribution in [0, 0.1) is 5.92 Å². The summed E-state index contributed by atoms with van der Waals surface area (Å²) in [5.41, 5.74) is -0.722. The molecule has 0 aromatic heterocycles. The maximum absolute atomic E-state index is 13.6. The molecule has 2 fully saturated rings. The summed E-state index contributed by atoms with van der Waals surface area (Å²) in [4.78, 5) is 28.4.